The summed E-state index contributed by atoms with van der Waals surface area (Å²) in [5, 5.41) is 3.42. The minimum Gasteiger partial charge on any atom is -0.497 e. The maximum atomic E-state index is 13.0. The summed E-state index contributed by atoms with van der Waals surface area (Å²) in [6.45, 7) is 0.317. The summed E-state index contributed by atoms with van der Waals surface area (Å²) in [5.74, 6) is -0.651. The van der Waals surface area contributed by atoms with Crippen molar-refractivity contribution in [3.05, 3.63) is 54.1 Å². The zero-order valence-electron chi connectivity index (χ0n) is 12.6. The van der Waals surface area contributed by atoms with Crippen LogP contribution in [0.4, 0.5) is 19.0 Å². The number of halogens is 3. The molecule has 0 fully saturated rings. The number of pyridine rings is 1. The third-order valence-corrected chi connectivity index (χ3v) is 3.37. The van der Waals surface area contributed by atoms with Crippen molar-refractivity contribution in [3.63, 3.8) is 0 Å². The number of hydrogen-bond donors (Lipinski definition) is 1. The molecule has 24 heavy (non-hydrogen) atoms. The largest absolute Gasteiger partial charge is 0.497 e. The molecule has 0 spiro atoms. The fourth-order valence-electron chi connectivity index (χ4n) is 2.18. The predicted molar refractivity (Wildman–Crippen MR) is 82.7 cm³/mol. The van der Waals surface area contributed by atoms with E-state index in [0.29, 0.717) is 17.7 Å². The average molecular weight is 334 g/mol. The molecular formula is C16H13F3N4O. The van der Waals surface area contributed by atoms with Crippen molar-refractivity contribution in [1.29, 1.82) is 0 Å². The van der Waals surface area contributed by atoms with Crippen LogP contribution in [0.25, 0.3) is 10.9 Å². The summed E-state index contributed by atoms with van der Waals surface area (Å²) in [5.41, 5.74) is 1.03. The van der Waals surface area contributed by atoms with Gasteiger partial charge in [-0.15, -0.1) is 0 Å². The highest BCUT2D eigenvalue weighted by Crippen LogP contribution is 2.31. The topological polar surface area (TPSA) is 59.9 Å². The number of nitrogens with one attached hydrogen (secondary N) is 1. The van der Waals surface area contributed by atoms with E-state index in [-0.39, 0.29) is 11.3 Å². The smallest absolute Gasteiger partial charge is 0.451 e. The maximum Gasteiger partial charge on any atom is 0.451 e. The second kappa shape index (κ2) is 6.31. The van der Waals surface area contributed by atoms with Gasteiger partial charge in [0.1, 0.15) is 11.6 Å². The molecule has 3 aromatic rings. The van der Waals surface area contributed by atoms with Gasteiger partial charge < -0.3 is 10.1 Å². The van der Waals surface area contributed by atoms with Crippen molar-refractivity contribution < 1.29 is 17.9 Å². The number of fused-ring (bicyclic) bond motifs is 1. The first-order chi connectivity index (χ1) is 11.5. The standard InChI is InChI=1S/C16H13F3N4O/c1-24-11-2-3-12-13(8-11)22-15(16(17,18)19)23-14(12)21-9-10-4-6-20-7-5-10/h2-8H,9H2,1H3,(H,21,22,23). The van der Waals surface area contributed by atoms with Crippen LogP contribution >= 0.6 is 0 Å². The SMILES string of the molecule is COc1ccc2c(NCc3ccncc3)nc(C(F)(F)F)nc2c1. The van der Waals surface area contributed by atoms with Crippen LogP contribution in [-0.2, 0) is 12.7 Å². The lowest BCUT2D eigenvalue weighted by Crippen LogP contribution is -2.13. The molecule has 1 N–H and O–H groups in total. The molecule has 2 aromatic heterocycles. The predicted octanol–water partition coefficient (Wildman–Crippen LogP) is 3.66. The van der Waals surface area contributed by atoms with Crippen LogP contribution in [0.2, 0.25) is 0 Å². The molecule has 0 bridgehead atoms. The zero-order valence-corrected chi connectivity index (χ0v) is 12.6. The van der Waals surface area contributed by atoms with Crippen molar-refractivity contribution >= 4 is 16.7 Å². The van der Waals surface area contributed by atoms with Crippen LogP contribution in [0.15, 0.2) is 42.7 Å². The van der Waals surface area contributed by atoms with Crippen LogP contribution in [0, 0.1) is 0 Å². The van der Waals surface area contributed by atoms with Gasteiger partial charge in [0.25, 0.3) is 0 Å². The number of benzene rings is 1. The molecule has 124 valence electrons. The molecule has 0 aliphatic rings. The number of alkyl halides is 3. The van der Waals surface area contributed by atoms with Gasteiger partial charge in [0.2, 0.25) is 5.82 Å². The van der Waals surface area contributed by atoms with E-state index in [1.807, 2.05) is 0 Å². The van der Waals surface area contributed by atoms with Crippen LogP contribution in [0.5, 0.6) is 5.75 Å². The first kappa shape index (κ1) is 16.0. The molecule has 0 aliphatic heterocycles. The Bertz CT molecular complexity index is 853. The van der Waals surface area contributed by atoms with Gasteiger partial charge in [0.05, 0.1) is 12.6 Å². The Kier molecular flexibility index (Phi) is 4.20. The average Bonchev–Trinajstić information content (AvgIpc) is 2.59. The van der Waals surface area contributed by atoms with Crippen LogP contribution in [-0.4, -0.2) is 22.1 Å². The number of methoxy groups -OCH3 is 1. The Morgan fingerprint density at radius 3 is 2.50 bits per heavy atom. The molecule has 5 nitrogen and oxygen atoms in total. The van der Waals surface area contributed by atoms with Crippen molar-refractivity contribution in [2.75, 3.05) is 12.4 Å². The van der Waals surface area contributed by atoms with Gasteiger partial charge >= 0.3 is 6.18 Å². The van der Waals surface area contributed by atoms with E-state index < -0.39 is 12.0 Å². The third kappa shape index (κ3) is 3.37. The summed E-state index contributed by atoms with van der Waals surface area (Å²) in [6, 6.07) is 8.26. The molecular weight excluding hydrogens is 321 g/mol. The number of anilines is 1. The lowest BCUT2D eigenvalue weighted by molar-refractivity contribution is -0.144. The van der Waals surface area contributed by atoms with Gasteiger partial charge in [-0.2, -0.15) is 13.2 Å². The first-order valence-corrected chi connectivity index (χ1v) is 7.03. The Balaban J connectivity index is 2.03. The van der Waals surface area contributed by atoms with Crippen LogP contribution < -0.4 is 10.1 Å². The number of hydrogen-bond acceptors (Lipinski definition) is 5. The Labute approximate surface area is 135 Å². The normalized spacial score (nSPS) is 11.5. The summed E-state index contributed by atoms with van der Waals surface area (Å²) in [7, 11) is 1.44. The third-order valence-electron chi connectivity index (χ3n) is 3.37. The fraction of sp³-hybridized carbons (Fsp3) is 0.188. The quantitative estimate of drug-likeness (QED) is 0.789. The molecule has 0 radical (unpaired) electrons. The van der Waals surface area contributed by atoms with Gasteiger partial charge in [-0.05, 0) is 29.8 Å². The van der Waals surface area contributed by atoms with Gasteiger partial charge in [-0.1, -0.05) is 0 Å². The second-order valence-electron chi connectivity index (χ2n) is 4.99. The van der Waals surface area contributed by atoms with Crippen molar-refractivity contribution in [1.82, 2.24) is 15.0 Å². The van der Waals surface area contributed by atoms with Crippen molar-refractivity contribution in [2.45, 2.75) is 12.7 Å². The molecule has 0 saturated carbocycles. The molecule has 0 amide bonds. The lowest BCUT2D eigenvalue weighted by Gasteiger charge is -2.13. The van der Waals surface area contributed by atoms with Gasteiger partial charge in [-0.3, -0.25) is 4.98 Å². The molecule has 3 rings (SSSR count). The molecule has 0 saturated heterocycles. The van der Waals surface area contributed by atoms with Gasteiger partial charge in [-0.25, -0.2) is 9.97 Å². The number of rotatable bonds is 4. The minimum atomic E-state index is -4.63. The Hall–Kier alpha value is -2.90. The van der Waals surface area contributed by atoms with Crippen molar-refractivity contribution in [2.24, 2.45) is 0 Å². The highest BCUT2D eigenvalue weighted by molar-refractivity contribution is 5.90. The Morgan fingerprint density at radius 1 is 1.08 bits per heavy atom. The molecule has 2 heterocycles. The van der Waals surface area contributed by atoms with E-state index in [1.165, 1.54) is 13.2 Å². The van der Waals surface area contributed by atoms with E-state index >= 15 is 0 Å². The van der Waals surface area contributed by atoms with E-state index in [1.54, 1.807) is 36.7 Å². The minimum absolute atomic E-state index is 0.117. The van der Waals surface area contributed by atoms with Crippen LogP contribution in [0.1, 0.15) is 11.4 Å². The van der Waals surface area contributed by atoms with Crippen molar-refractivity contribution in [3.8, 4) is 5.75 Å². The second-order valence-corrected chi connectivity index (χ2v) is 4.99. The van der Waals surface area contributed by atoms with Gasteiger partial charge in [0.15, 0.2) is 0 Å². The van der Waals surface area contributed by atoms with Gasteiger partial charge in [0, 0.05) is 30.4 Å². The van der Waals surface area contributed by atoms with E-state index in [4.69, 9.17) is 4.74 Å². The summed E-state index contributed by atoms with van der Waals surface area (Å²) < 4.78 is 44.2. The maximum absolute atomic E-state index is 13.0. The number of nitrogens with zero attached hydrogens (tertiary/aromatic N) is 3. The number of ether oxygens (including phenoxy) is 1. The van der Waals surface area contributed by atoms with E-state index in [9.17, 15) is 13.2 Å². The fourth-order valence-corrected chi connectivity index (χ4v) is 2.18. The van der Waals surface area contributed by atoms with Crippen LogP contribution in [0.3, 0.4) is 0 Å². The summed E-state index contributed by atoms with van der Waals surface area (Å²) >= 11 is 0. The first-order valence-electron chi connectivity index (χ1n) is 7.03. The Morgan fingerprint density at radius 2 is 1.83 bits per heavy atom. The molecule has 0 unspecified atom stereocenters. The highest BCUT2D eigenvalue weighted by Gasteiger charge is 2.35. The molecule has 8 heteroatoms. The number of aromatic nitrogens is 3. The van der Waals surface area contributed by atoms with E-state index in [0.717, 1.165) is 5.56 Å². The highest BCUT2D eigenvalue weighted by atomic mass is 19.4. The summed E-state index contributed by atoms with van der Waals surface area (Å²) in [6.07, 6.45) is -1.41. The molecule has 0 aliphatic carbocycles. The lowest BCUT2D eigenvalue weighted by atomic mass is 10.2. The summed E-state index contributed by atoms with van der Waals surface area (Å²) in [4.78, 5) is 11.1. The van der Waals surface area contributed by atoms with E-state index in [2.05, 4.69) is 20.3 Å². The molecule has 1 aromatic carbocycles. The molecule has 0 atom stereocenters. The zero-order chi connectivity index (χ0) is 17.2. The monoisotopic (exact) mass is 334 g/mol.